The summed E-state index contributed by atoms with van der Waals surface area (Å²) in [4.78, 5) is 11.1. The van der Waals surface area contributed by atoms with Gasteiger partial charge in [0.25, 0.3) is 0 Å². The van der Waals surface area contributed by atoms with Crippen molar-refractivity contribution in [3.63, 3.8) is 0 Å². The van der Waals surface area contributed by atoms with Crippen molar-refractivity contribution >= 4 is 28.5 Å². The van der Waals surface area contributed by atoms with Crippen molar-refractivity contribution in [3.8, 4) is 12.3 Å². The molecule has 0 aliphatic carbocycles. The lowest BCUT2D eigenvalue weighted by Crippen LogP contribution is -2.27. The van der Waals surface area contributed by atoms with Gasteiger partial charge in [0.15, 0.2) is 0 Å². The van der Waals surface area contributed by atoms with Crippen LogP contribution in [0.25, 0.3) is 0 Å². The number of carbonyl (C=O) groups is 1. The Balaban J connectivity index is 2.41. The molecule has 1 N–H and O–H groups in total. The molecule has 0 fully saturated rings. The largest absolute Gasteiger partial charge is 0.344 e. The topological polar surface area (TPSA) is 46.9 Å². The van der Waals surface area contributed by atoms with Crippen LogP contribution in [0.5, 0.6) is 0 Å². The van der Waals surface area contributed by atoms with E-state index in [1.807, 2.05) is 0 Å². The van der Waals surface area contributed by atoms with E-state index in [2.05, 4.69) is 38.9 Å². The molecule has 1 aromatic heterocycles. The Morgan fingerprint density at radius 3 is 3.15 bits per heavy atom. The van der Waals surface area contributed by atoms with Gasteiger partial charge < -0.3 is 5.32 Å². The molecule has 5 heteroatoms. The van der Waals surface area contributed by atoms with Crippen LogP contribution in [0.4, 0.5) is 0 Å². The van der Waals surface area contributed by atoms with Crippen molar-refractivity contribution in [1.82, 2.24) is 15.1 Å². The standard InChI is InChI=1S/C8H8IN3O/c1-2-3-10-8(13)6-12-5-7(9)4-11-12/h1,4-5H,3,6H2,(H,10,13). The quantitative estimate of drug-likeness (QED) is 0.640. The molecule has 0 aliphatic rings. The zero-order valence-electron chi connectivity index (χ0n) is 6.83. The highest BCUT2D eigenvalue weighted by Crippen LogP contribution is 2.00. The second-order valence-corrected chi connectivity index (χ2v) is 3.58. The Bertz CT molecular complexity index is 339. The first-order valence-corrected chi connectivity index (χ1v) is 4.68. The van der Waals surface area contributed by atoms with Gasteiger partial charge >= 0.3 is 0 Å². The van der Waals surface area contributed by atoms with E-state index in [4.69, 9.17) is 6.42 Å². The third-order valence-electron chi connectivity index (χ3n) is 1.29. The molecule has 0 saturated carbocycles. The molecular formula is C8H8IN3O. The van der Waals surface area contributed by atoms with Crippen molar-refractivity contribution in [3.05, 3.63) is 16.0 Å². The van der Waals surface area contributed by atoms with Crippen LogP contribution < -0.4 is 5.32 Å². The summed E-state index contributed by atoms with van der Waals surface area (Å²) in [5.41, 5.74) is 0. The first-order valence-electron chi connectivity index (χ1n) is 3.60. The van der Waals surface area contributed by atoms with Gasteiger partial charge in [0.2, 0.25) is 5.91 Å². The minimum atomic E-state index is -0.127. The number of halogens is 1. The van der Waals surface area contributed by atoms with Gasteiger partial charge in [-0.25, -0.2) is 0 Å². The molecule has 1 rings (SSSR count). The molecule has 0 spiro atoms. The number of aromatic nitrogens is 2. The van der Waals surface area contributed by atoms with E-state index in [1.165, 1.54) is 0 Å². The summed E-state index contributed by atoms with van der Waals surface area (Å²) in [5, 5.41) is 6.51. The number of terminal acetylenes is 1. The molecule has 1 aromatic rings. The van der Waals surface area contributed by atoms with Gasteiger partial charge in [-0.15, -0.1) is 6.42 Å². The van der Waals surface area contributed by atoms with E-state index in [0.717, 1.165) is 3.57 Å². The molecular weight excluding hydrogens is 281 g/mol. The Kier molecular flexibility index (Phi) is 3.76. The minimum absolute atomic E-state index is 0.127. The third kappa shape index (κ3) is 3.46. The van der Waals surface area contributed by atoms with Crippen LogP contribution in [0.15, 0.2) is 12.4 Å². The summed E-state index contributed by atoms with van der Waals surface area (Å²) < 4.78 is 2.57. The summed E-state index contributed by atoms with van der Waals surface area (Å²) >= 11 is 2.13. The van der Waals surface area contributed by atoms with Crippen molar-refractivity contribution < 1.29 is 4.79 Å². The number of nitrogens with one attached hydrogen (secondary N) is 1. The van der Waals surface area contributed by atoms with E-state index in [1.54, 1.807) is 17.1 Å². The predicted octanol–water partition coefficient (Wildman–Crippen LogP) is 0.237. The molecule has 0 aliphatic heterocycles. The monoisotopic (exact) mass is 289 g/mol. The molecule has 1 heterocycles. The molecule has 0 saturated heterocycles. The maximum absolute atomic E-state index is 11.1. The molecule has 1 amide bonds. The molecule has 0 radical (unpaired) electrons. The van der Waals surface area contributed by atoms with Crippen LogP contribution in [-0.2, 0) is 11.3 Å². The van der Waals surface area contributed by atoms with Crippen LogP contribution in [0.3, 0.4) is 0 Å². The van der Waals surface area contributed by atoms with Gasteiger partial charge in [-0.2, -0.15) is 5.10 Å². The lowest BCUT2D eigenvalue weighted by atomic mass is 10.5. The SMILES string of the molecule is C#CCNC(=O)Cn1cc(I)cn1. The highest BCUT2D eigenvalue weighted by atomic mass is 127. The first kappa shape index (κ1) is 10.1. The van der Waals surface area contributed by atoms with Gasteiger partial charge in [-0.3, -0.25) is 9.48 Å². The average molecular weight is 289 g/mol. The fourth-order valence-electron chi connectivity index (χ4n) is 0.777. The average Bonchev–Trinajstić information content (AvgIpc) is 2.48. The van der Waals surface area contributed by atoms with Gasteiger partial charge in [0.05, 0.1) is 16.3 Å². The Morgan fingerprint density at radius 2 is 2.62 bits per heavy atom. The normalized spacial score (nSPS) is 9.23. The molecule has 0 aromatic carbocycles. The maximum atomic E-state index is 11.1. The van der Waals surface area contributed by atoms with Crippen molar-refractivity contribution in [2.45, 2.75) is 6.54 Å². The van der Waals surface area contributed by atoms with Crippen LogP contribution in [-0.4, -0.2) is 22.2 Å². The first-order chi connectivity index (χ1) is 6.22. The van der Waals surface area contributed by atoms with E-state index in [-0.39, 0.29) is 19.0 Å². The molecule has 0 atom stereocenters. The maximum Gasteiger partial charge on any atom is 0.242 e. The molecule has 0 unspecified atom stereocenters. The molecule has 68 valence electrons. The van der Waals surface area contributed by atoms with E-state index in [9.17, 15) is 4.79 Å². The third-order valence-corrected chi connectivity index (χ3v) is 1.85. The zero-order chi connectivity index (χ0) is 9.68. The molecule has 4 nitrogen and oxygen atoms in total. The van der Waals surface area contributed by atoms with Crippen LogP contribution in [0, 0.1) is 15.9 Å². The summed E-state index contributed by atoms with van der Waals surface area (Å²) in [7, 11) is 0. The van der Waals surface area contributed by atoms with E-state index < -0.39 is 0 Å². The Morgan fingerprint density at radius 1 is 1.85 bits per heavy atom. The fourth-order valence-corrected chi connectivity index (χ4v) is 1.22. The highest BCUT2D eigenvalue weighted by Gasteiger charge is 2.01. The van der Waals surface area contributed by atoms with Gasteiger partial charge in [0.1, 0.15) is 6.54 Å². The van der Waals surface area contributed by atoms with E-state index in [0.29, 0.717) is 0 Å². The predicted molar refractivity (Wildman–Crippen MR) is 56.8 cm³/mol. The molecule has 13 heavy (non-hydrogen) atoms. The summed E-state index contributed by atoms with van der Waals surface area (Å²) in [5.74, 6) is 2.20. The van der Waals surface area contributed by atoms with Crippen LogP contribution in [0.2, 0.25) is 0 Å². The summed E-state index contributed by atoms with van der Waals surface area (Å²) in [6, 6.07) is 0. The number of nitrogens with zero attached hydrogens (tertiary/aromatic N) is 2. The van der Waals surface area contributed by atoms with Gasteiger partial charge in [0, 0.05) is 6.20 Å². The van der Waals surface area contributed by atoms with Crippen LogP contribution >= 0.6 is 22.6 Å². The van der Waals surface area contributed by atoms with Crippen molar-refractivity contribution in [1.29, 1.82) is 0 Å². The number of rotatable bonds is 3. The van der Waals surface area contributed by atoms with Gasteiger partial charge in [-0.1, -0.05) is 5.92 Å². The highest BCUT2D eigenvalue weighted by molar-refractivity contribution is 14.1. The Hall–Kier alpha value is -1.03. The fraction of sp³-hybridized carbons (Fsp3) is 0.250. The van der Waals surface area contributed by atoms with Crippen LogP contribution in [0.1, 0.15) is 0 Å². The zero-order valence-corrected chi connectivity index (χ0v) is 8.98. The lowest BCUT2D eigenvalue weighted by Gasteiger charge is -2.00. The van der Waals surface area contributed by atoms with Crippen molar-refractivity contribution in [2.75, 3.05) is 6.54 Å². The summed E-state index contributed by atoms with van der Waals surface area (Å²) in [6.45, 7) is 0.474. The number of hydrogen-bond acceptors (Lipinski definition) is 2. The Labute approximate surface area is 89.8 Å². The number of hydrogen-bond donors (Lipinski definition) is 1. The minimum Gasteiger partial charge on any atom is -0.344 e. The second kappa shape index (κ2) is 4.87. The number of amides is 1. The van der Waals surface area contributed by atoms with Gasteiger partial charge in [-0.05, 0) is 22.6 Å². The summed E-state index contributed by atoms with van der Waals surface area (Å²) in [6.07, 6.45) is 8.46. The molecule has 0 bridgehead atoms. The van der Waals surface area contributed by atoms with E-state index >= 15 is 0 Å². The smallest absolute Gasteiger partial charge is 0.242 e. The second-order valence-electron chi connectivity index (χ2n) is 2.34. The van der Waals surface area contributed by atoms with Crippen molar-refractivity contribution in [2.24, 2.45) is 0 Å². The number of carbonyl (C=O) groups excluding carboxylic acids is 1. The lowest BCUT2D eigenvalue weighted by molar-refractivity contribution is -0.121.